The molecule has 4 N–H and O–H groups in total. The summed E-state index contributed by atoms with van der Waals surface area (Å²) in [5.74, 6) is 0.515. The first-order valence-electron chi connectivity index (χ1n) is 6.51. The Morgan fingerprint density at radius 3 is 2.81 bits per heavy atom. The molecule has 4 heteroatoms. The quantitative estimate of drug-likeness (QED) is 0.632. The molecule has 0 spiro atoms. The Hall–Kier alpha value is -0.160. The molecule has 2 saturated heterocycles. The summed E-state index contributed by atoms with van der Waals surface area (Å²) in [6.07, 6.45) is 3.41. The van der Waals surface area contributed by atoms with Crippen LogP contribution >= 0.6 is 0 Å². The zero-order chi connectivity index (χ0) is 11.7. The second-order valence-electron chi connectivity index (χ2n) is 5.31. The van der Waals surface area contributed by atoms with E-state index in [0.29, 0.717) is 12.5 Å². The number of hydrogen-bond acceptors (Lipinski definition) is 4. The maximum atomic E-state index is 9.93. The first-order chi connectivity index (χ1) is 7.65. The maximum absolute atomic E-state index is 9.93. The molecular weight excluding hydrogens is 204 g/mol. The molecule has 16 heavy (non-hydrogen) atoms. The van der Waals surface area contributed by atoms with Crippen LogP contribution in [-0.4, -0.2) is 52.5 Å². The summed E-state index contributed by atoms with van der Waals surface area (Å²) < 4.78 is 0. The van der Waals surface area contributed by atoms with Gasteiger partial charge in [0.15, 0.2) is 0 Å². The lowest BCUT2D eigenvalue weighted by Crippen LogP contribution is -2.57. The van der Waals surface area contributed by atoms with Gasteiger partial charge in [-0.1, -0.05) is 19.8 Å². The van der Waals surface area contributed by atoms with Gasteiger partial charge in [0, 0.05) is 12.6 Å². The van der Waals surface area contributed by atoms with Crippen molar-refractivity contribution in [3.05, 3.63) is 0 Å². The van der Waals surface area contributed by atoms with Gasteiger partial charge in [-0.2, -0.15) is 0 Å². The predicted molar refractivity (Wildman–Crippen MR) is 63.0 cm³/mol. The second-order valence-corrected chi connectivity index (χ2v) is 5.31. The Balaban J connectivity index is 1.99. The molecule has 0 saturated carbocycles. The highest BCUT2D eigenvalue weighted by molar-refractivity contribution is 5.03. The van der Waals surface area contributed by atoms with Crippen LogP contribution in [0.1, 0.15) is 32.6 Å². The molecule has 2 unspecified atom stereocenters. The number of piperidine rings is 1. The molecule has 4 nitrogen and oxygen atoms in total. The van der Waals surface area contributed by atoms with Crippen molar-refractivity contribution in [2.45, 2.75) is 56.9 Å². The van der Waals surface area contributed by atoms with Gasteiger partial charge in [-0.15, -0.1) is 0 Å². The van der Waals surface area contributed by atoms with Crippen LogP contribution in [0.15, 0.2) is 0 Å². The number of nitrogens with two attached hydrogens (primary N) is 1. The molecule has 0 aromatic rings. The lowest BCUT2D eigenvalue weighted by Gasteiger charge is -2.41. The van der Waals surface area contributed by atoms with Gasteiger partial charge in [-0.05, 0) is 25.3 Å². The standard InChI is InChI=1S/C12H24N2O2/c1-2-3-4-8-5-6-14-7-9(15)12(16)11(14)10(8)13/h8-12,15-16H,2-7,13H2,1H3/t8?,9-,10+,11?,12-/m1/s1. The Morgan fingerprint density at radius 1 is 1.38 bits per heavy atom. The number of nitrogens with zero attached hydrogens (tertiary/aromatic N) is 1. The van der Waals surface area contributed by atoms with Crippen LogP contribution in [0.25, 0.3) is 0 Å². The first kappa shape index (κ1) is 12.3. The third kappa shape index (κ3) is 2.12. The van der Waals surface area contributed by atoms with E-state index in [-0.39, 0.29) is 12.1 Å². The number of aliphatic hydroxyl groups excluding tert-OH is 2. The minimum atomic E-state index is -0.653. The van der Waals surface area contributed by atoms with E-state index in [0.717, 1.165) is 19.4 Å². The highest BCUT2D eigenvalue weighted by Gasteiger charge is 2.47. The van der Waals surface area contributed by atoms with E-state index in [1.807, 2.05) is 0 Å². The summed E-state index contributed by atoms with van der Waals surface area (Å²) in [5.41, 5.74) is 6.24. The molecule has 94 valence electrons. The number of unbranched alkanes of at least 4 members (excludes halogenated alkanes) is 1. The molecule has 0 aromatic heterocycles. The van der Waals surface area contributed by atoms with Crippen molar-refractivity contribution in [2.75, 3.05) is 13.1 Å². The molecule has 2 aliphatic heterocycles. The van der Waals surface area contributed by atoms with Gasteiger partial charge in [-0.3, -0.25) is 4.90 Å². The summed E-state index contributed by atoms with van der Waals surface area (Å²) in [5, 5.41) is 19.6. The Labute approximate surface area is 97.4 Å². The number of hydrogen-bond donors (Lipinski definition) is 3. The van der Waals surface area contributed by atoms with Gasteiger partial charge in [0.2, 0.25) is 0 Å². The van der Waals surface area contributed by atoms with Gasteiger partial charge >= 0.3 is 0 Å². The summed E-state index contributed by atoms with van der Waals surface area (Å²) in [4.78, 5) is 2.16. The van der Waals surface area contributed by atoms with Crippen LogP contribution < -0.4 is 5.73 Å². The average Bonchev–Trinajstić information content (AvgIpc) is 2.55. The summed E-state index contributed by atoms with van der Waals surface area (Å²) in [7, 11) is 0. The smallest absolute Gasteiger partial charge is 0.0981 e. The zero-order valence-electron chi connectivity index (χ0n) is 10.0. The average molecular weight is 228 g/mol. The van der Waals surface area contributed by atoms with Crippen LogP contribution in [0.4, 0.5) is 0 Å². The Bertz CT molecular complexity index is 237. The molecule has 2 rings (SSSR count). The van der Waals surface area contributed by atoms with Crippen molar-refractivity contribution >= 4 is 0 Å². The van der Waals surface area contributed by atoms with E-state index >= 15 is 0 Å². The first-order valence-corrected chi connectivity index (χ1v) is 6.51. The molecule has 2 aliphatic rings. The molecule has 0 bridgehead atoms. The number of aliphatic hydroxyl groups is 2. The van der Waals surface area contributed by atoms with Crippen LogP contribution in [0.3, 0.4) is 0 Å². The molecule has 0 radical (unpaired) electrons. The van der Waals surface area contributed by atoms with E-state index in [1.54, 1.807) is 0 Å². The monoisotopic (exact) mass is 228 g/mol. The van der Waals surface area contributed by atoms with E-state index in [9.17, 15) is 10.2 Å². The van der Waals surface area contributed by atoms with Crippen molar-refractivity contribution < 1.29 is 10.2 Å². The van der Waals surface area contributed by atoms with Crippen LogP contribution in [0.2, 0.25) is 0 Å². The SMILES string of the molecule is CCCCC1CCN2C[C@@H](O)[C@@H](O)C2[C@H]1N. The summed E-state index contributed by atoms with van der Waals surface area (Å²) in [6, 6.07) is -0.00180. The molecule has 2 heterocycles. The topological polar surface area (TPSA) is 69.7 Å². The van der Waals surface area contributed by atoms with Gasteiger partial charge in [-0.25, -0.2) is 0 Å². The fraction of sp³-hybridized carbons (Fsp3) is 1.00. The molecular formula is C12H24N2O2. The van der Waals surface area contributed by atoms with Crippen molar-refractivity contribution in [1.29, 1.82) is 0 Å². The van der Waals surface area contributed by atoms with Crippen LogP contribution in [0.5, 0.6) is 0 Å². The van der Waals surface area contributed by atoms with Gasteiger partial charge in [0.05, 0.1) is 18.2 Å². The lowest BCUT2D eigenvalue weighted by atomic mass is 9.82. The third-order valence-corrected chi connectivity index (χ3v) is 4.24. The molecule has 2 fully saturated rings. The molecule has 0 aliphatic carbocycles. The largest absolute Gasteiger partial charge is 0.389 e. The lowest BCUT2D eigenvalue weighted by molar-refractivity contribution is 0.0146. The summed E-state index contributed by atoms with van der Waals surface area (Å²) >= 11 is 0. The van der Waals surface area contributed by atoms with E-state index in [1.165, 1.54) is 12.8 Å². The van der Waals surface area contributed by atoms with E-state index < -0.39 is 12.2 Å². The molecule has 5 atom stereocenters. The molecule has 0 amide bonds. The summed E-state index contributed by atoms with van der Waals surface area (Å²) in [6.45, 7) is 3.75. The fourth-order valence-electron chi connectivity index (χ4n) is 3.23. The van der Waals surface area contributed by atoms with E-state index in [4.69, 9.17) is 5.73 Å². The van der Waals surface area contributed by atoms with Gasteiger partial charge < -0.3 is 15.9 Å². The maximum Gasteiger partial charge on any atom is 0.0981 e. The number of rotatable bonds is 3. The highest BCUT2D eigenvalue weighted by atomic mass is 16.3. The number of fused-ring (bicyclic) bond motifs is 1. The van der Waals surface area contributed by atoms with Crippen molar-refractivity contribution in [3.63, 3.8) is 0 Å². The van der Waals surface area contributed by atoms with E-state index in [2.05, 4.69) is 11.8 Å². The van der Waals surface area contributed by atoms with Crippen molar-refractivity contribution in [3.8, 4) is 0 Å². The second kappa shape index (κ2) is 5.00. The fourth-order valence-corrected chi connectivity index (χ4v) is 3.23. The zero-order valence-corrected chi connectivity index (χ0v) is 10.0. The third-order valence-electron chi connectivity index (χ3n) is 4.24. The highest BCUT2D eigenvalue weighted by Crippen LogP contribution is 2.32. The minimum absolute atomic E-state index is 0.0208. The van der Waals surface area contributed by atoms with Crippen LogP contribution in [-0.2, 0) is 0 Å². The predicted octanol–water partition coefficient (Wildman–Crippen LogP) is -0.0702. The van der Waals surface area contributed by atoms with Crippen molar-refractivity contribution in [2.24, 2.45) is 11.7 Å². The Morgan fingerprint density at radius 2 is 2.12 bits per heavy atom. The Kier molecular flexibility index (Phi) is 3.85. The van der Waals surface area contributed by atoms with Gasteiger partial charge in [0.25, 0.3) is 0 Å². The molecule has 0 aromatic carbocycles. The normalized spacial score (nSPS) is 44.6. The van der Waals surface area contributed by atoms with Gasteiger partial charge in [0.1, 0.15) is 0 Å². The minimum Gasteiger partial charge on any atom is -0.389 e. The van der Waals surface area contributed by atoms with Crippen LogP contribution in [0, 0.1) is 5.92 Å². The van der Waals surface area contributed by atoms with Crippen molar-refractivity contribution in [1.82, 2.24) is 4.90 Å².